The molecule has 3 fully saturated rings. The fourth-order valence-corrected chi connectivity index (χ4v) is 8.37. The van der Waals surface area contributed by atoms with Crippen LogP contribution in [0.2, 0.25) is 0 Å². The number of halogens is 4. The highest BCUT2D eigenvalue weighted by Gasteiger charge is 2.70. The summed E-state index contributed by atoms with van der Waals surface area (Å²) in [5.41, 5.74) is 1.85. The van der Waals surface area contributed by atoms with Crippen molar-refractivity contribution in [2.45, 2.75) is 45.3 Å². The van der Waals surface area contributed by atoms with Crippen molar-refractivity contribution in [1.82, 2.24) is 0 Å². The molecule has 2 saturated carbocycles. The minimum absolute atomic E-state index is 0.172. The molecule has 11 nitrogen and oxygen atoms in total. The zero-order valence-corrected chi connectivity index (χ0v) is 35.8. The average molecular weight is 1030 g/mol. The van der Waals surface area contributed by atoms with Gasteiger partial charge in [0, 0.05) is 25.9 Å². The Balaban J connectivity index is 1.32. The second-order valence-electron chi connectivity index (χ2n) is 14.6. The van der Waals surface area contributed by atoms with Crippen LogP contribution >= 0.6 is 45.2 Å². The molecular weight excluding hydrogens is 996 g/mol. The lowest BCUT2D eigenvalue weighted by Crippen LogP contribution is -2.46. The summed E-state index contributed by atoms with van der Waals surface area (Å²) < 4.78 is 72.7. The summed E-state index contributed by atoms with van der Waals surface area (Å²) >= 11 is 4.27. The van der Waals surface area contributed by atoms with Crippen LogP contribution in [0.15, 0.2) is 97.1 Å². The van der Waals surface area contributed by atoms with Crippen molar-refractivity contribution in [2.75, 3.05) is 0 Å². The van der Waals surface area contributed by atoms with Gasteiger partial charge in [0.05, 0.1) is 11.8 Å². The first-order chi connectivity index (χ1) is 28.1. The van der Waals surface area contributed by atoms with E-state index in [1.165, 1.54) is 0 Å². The van der Waals surface area contributed by atoms with Crippen LogP contribution in [-0.2, 0) is 23.9 Å². The highest BCUT2D eigenvalue weighted by molar-refractivity contribution is 14.1. The molecule has 0 spiro atoms. The molecule has 59 heavy (non-hydrogen) atoms. The number of benzene rings is 5. The van der Waals surface area contributed by atoms with Crippen molar-refractivity contribution in [2.24, 2.45) is 23.7 Å². The predicted molar refractivity (Wildman–Crippen MR) is 224 cm³/mol. The van der Waals surface area contributed by atoms with Crippen molar-refractivity contribution >= 4 is 63.1 Å². The van der Waals surface area contributed by atoms with Crippen molar-refractivity contribution in [1.29, 1.82) is 0 Å². The molecular formula is C44H34F2I2O11. The van der Waals surface area contributed by atoms with Crippen LogP contribution in [0.1, 0.15) is 24.5 Å². The molecule has 0 amide bonds. The van der Waals surface area contributed by atoms with E-state index in [1.807, 2.05) is 13.8 Å². The van der Waals surface area contributed by atoms with E-state index in [2.05, 4.69) is 45.2 Å². The van der Waals surface area contributed by atoms with Crippen molar-refractivity contribution in [3.63, 3.8) is 0 Å². The van der Waals surface area contributed by atoms with Crippen LogP contribution in [0, 0.1) is 44.7 Å². The second kappa shape index (κ2) is 16.1. The minimum Gasteiger partial charge on any atom is -0.501 e. The van der Waals surface area contributed by atoms with E-state index in [-0.39, 0.29) is 52.4 Å². The Kier molecular flexibility index (Phi) is 11.1. The number of esters is 3. The lowest BCUT2D eigenvalue weighted by atomic mass is 9.78. The van der Waals surface area contributed by atoms with Crippen LogP contribution in [0.5, 0.6) is 57.5 Å². The third kappa shape index (κ3) is 8.22. The molecule has 0 aromatic heterocycles. The zero-order valence-electron chi connectivity index (χ0n) is 31.5. The maximum atomic E-state index is 14.8. The number of hydrogen-bond acceptors (Lipinski definition) is 11. The molecule has 0 radical (unpaired) electrons. The first-order valence-electron chi connectivity index (χ1n) is 18.4. The van der Waals surface area contributed by atoms with E-state index < -0.39 is 71.2 Å². The summed E-state index contributed by atoms with van der Waals surface area (Å²) in [5.74, 6) is -12.4. The van der Waals surface area contributed by atoms with Gasteiger partial charge in [-0.25, -0.2) is 4.79 Å². The first-order valence-corrected chi connectivity index (χ1v) is 20.6. The first kappa shape index (κ1) is 40.6. The number of rotatable bonds is 12. The summed E-state index contributed by atoms with van der Waals surface area (Å²) in [5, 5.41) is 12.3. The number of ether oxygens (including phenoxy) is 7. The van der Waals surface area contributed by atoms with Crippen molar-refractivity contribution in [3.8, 4) is 57.5 Å². The van der Waals surface area contributed by atoms with E-state index >= 15 is 0 Å². The van der Waals surface area contributed by atoms with Gasteiger partial charge in [0.2, 0.25) is 34.5 Å². The van der Waals surface area contributed by atoms with Gasteiger partial charge < -0.3 is 38.3 Å². The SMILES string of the molecule is Cc1ccc(Oc2c(O)c(Oc3ccc(I)cc3)c(Oc3ccc(C)cc3)c(OC(=O)C3C4CC5C(OC(=O)C53)C4OC(=O)C(C)(F)F)c2Oc2ccc(I)cc2)cc1. The summed E-state index contributed by atoms with van der Waals surface area (Å²) in [6.45, 7) is 4.18. The molecule has 6 unspecified atom stereocenters. The second-order valence-corrected chi connectivity index (χ2v) is 17.1. The number of carbonyl (C=O) groups is 3. The van der Waals surface area contributed by atoms with Crippen LogP contribution < -0.4 is 23.7 Å². The topological polar surface area (TPSA) is 136 Å². The van der Waals surface area contributed by atoms with E-state index in [0.717, 1.165) is 18.3 Å². The molecule has 3 aliphatic rings. The molecule has 5 aromatic carbocycles. The van der Waals surface area contributed by atoms with Crippen molar-refractivity contribution < 1.29 is 61.4 Å². The molecule has 6 atom stereocenters. The van der Waals surface area contributed by atoms with Crippen LogP contribution in [0.3, 0.4) is 0 Å². The van der Waals surface area contributed by atoms with Gasteiger partial charge in [-0.2, -0.15) is 8.78 Å². The molecule has 1 heterocycles. The third-order valence-electron chi connectivity index (χ3n) is 10.4. The summed E-state index contributed by atoms with van der Waals surface area (Å²) in [4.78, 5) is 40.5. The molecule has 1 saturated heterocycles. The molecule has 5 aromatic rings. The number of fused-ring (bicyclic) bond motifs is 1. The van der Waals surface area contributed by atoms with Gasteiger partial charge in [0.15, 0.2) is 0 Å². The number of hydrogen-bond donors (Lipinski definition) is 1. The van der Waals surface area contributed by atoms with Crippen molar-refractivity contribution in [3.05, 3.63) is 115 Å². The smallest absolute Gasteiger partial charge is 0.377 e. The Hall–Kier alpha value is -5.17. The Bertz CT molecular complexity index is 2300. The molecule has 1 aliphatic heterocycles. The van der Waals surface area contributed by atoms with Crippen LogP contribution in [0.4, 0.5) is 8.78 Å². The minimum atomic E-state index is -3.84. The van der Waals surface area contributed by atoms with Gasteiger partial charge in [-0.05, 0) is 138 Å². The number of phenols is 1. The lowest BCUT2D eigenvalue weighted by molar-refractivity contribution is -0.185. The highest BCUT2D eigenvalue weighted by atomic mass is 127. The average Bonchev–Trinajstić information content (AvgIpc) is 3.83. The Morgan fingerprint density at radius 1 is 0.678 bits per heavy atom. The van der Waals surface area contributed by atoms with Crippen LogP contribution in [-0.4, -0.2) is 41.1 Å². The molecule has 304 valence electrons. The van der Waals surface area contributed by atoms with Gasteiger partial charge in [-0.1, -0.05) is 35.4 Å². The van der Waals surface area contributed by atoms with Gasteiger partial charge in [-0.3, -0.25) is 9.59 Å². The molecule has 8 rings (SSSR count). The number of carbonyl (C=O) groups excluding carboxylic acids is 3. The fourth-order valence-electron chi connectivity index (χ4n) is 7.65. The lowest BCUT2D eigenvalue weighted by Gasteiger charge is -2.31. The predicted octanol–water partition coefficient (Wildman–Crippen LogP) is 10.7. The molecule has 1 N–H and O–H groups in total. The Labute approximate surface area is 364 Å². The molecule has 2 aliphatic carbocycles. The fraction of sp³-hybridized carbons (Fsp3) is 0.250. The number of alkyl halides is 2. The highest BCUT2D eigenvalue weighted by Crippen LogP contribution is 2.63. The Morgan fingerprint density at radius 3 is 1.54 bits per heavy atom. The maximum absolute atomic E-state index is 14.8. The quantitative estimate of drug-likeness (QED) is 0.0727. The largest absolute Gasteiger partial charge is 0.501 e. The number of phenolic OH excluding ortho intramolecular Hbond substituents is 1. The number of aromatic hydroxyl groups is 1. The van der Waals surface area contributed by atoms with E-state index in [0.29, 0.717) is 6.92 Å². The van der Waals surface area contributed by atoms with Gasteiger partial charge in [0.25, 0.3) is 0 Å². The van der Waals surface area contributed by atoms with Gasteiger partial charge >= 0.3 is 23.8 Å². The Morgan fingerprint density at radius 2 is 1.10 bits per heavy atom. The van der Waals surface area contributed by atoms with Crippen LogP contribution in [0.25, 0.3) is 0 Å². The number of aryl methyl sites for hydroxylation is 2. The zero-order chi connectivity index (χ0) is 41.7. The van der Waals surface area contributed by atoms with Gasteiger partial charge in [-0.15, -0.1) is 0 Å². The third-order valence-corrected chi connectivity index (χ3v) is 11.9. The van der Waals surface area contributed by atoms with E-state index in [4.69, 9.17) is 33.2 Å². The van der Waals surface area contributed by atoms with E-state index in [1.54, 1.807) is 97.1 Å². The standard InChI is InChI=1S/C44H34F2I2O11/c1-21-4-12-25(13-5-21)53-36-33(49)37(54-27-16-8-23(47)9-17-27)38(55-26-14-6-22(2)7-15-26)40(39(36)56-28-18-10-24(48)11-19-28)58-42(51)32-30-20-29-31(32)41(50)57-34(29)35(30)59-43(52)44(3,45)46/h4-19,29-32,34-35,49H,20H2,1-3H3. The molecule has 15 heteroatoms. The van der Waals surface area contributed by atoms with E-state index in [9.17, 15) is 28.3 Å². The maximum Gasteiger partial charge on any atom is 0.377 e. The summed E-state index contributed by atoms with van der Waals surface area (Å²) in [7, 11) is 0. The summed E-state index contributed by atoms with van der Waals surface area (Å²) in [6.07, 6.45) is -2.15. The summed E-state index contributed by atoms with van der Waals surface area (Å²) in [6, 6.07) is 27.6. The molecule has 2 bridgehead atoms. The monoisotopic (exact) mass is 1030 g/mol. The normalized spacial score (nSPS) is 21.4. The van der Waals surface area contributed by atoms with Gasteiger partial charge in [0.1, 0.15) is 35.2 Å².